The van der Waals surface area contributed by atoms with Crippen molar-refractivity contribution >= 4 is 5.91 Å². The smallest absolute Gasteiger partial charge is 0.219 e. The molecule has 0 spiro atoms. The maximum Gasteiger partial charge on any atom is 0.219 e. The molecule has 2 heterocycles. The Kier molecular flexibility index (Phi) is 5.47. The maximum absolute atomic E-state index is 13.2. The van der Waals surface area contributed by atoms with E-state index >= 15 is 0 Å². The molecule has 1 amide bonds. The Morgan fingerprint density at radius 2 is 1.64 bits per heavy atom. The highest BCUT2D eigenvalue weighted by molar-refractivity contribution is 5.73. The number of rotatable bonds is 3. The van der Waals surface area contributed by atoms with Crippen molar-refractivity contribution in [3.8, 4) is 11.1 Å². The molecule has 2 aliphatic rings. The largest absolute Gasteiger partial charge is 0.395 e. The van der Waals surface area contributed by atoms with Crippen LogP contribution in [0.5, 0.6) is 0 Å². The van der Waals surface area contributed by atoms with E-state index in [-0.39, 0.29) is 36.3 Å². The van der Waals surface area contributed by atoms with Gasteiger partial charge in [-0.2, -0.15) is 0 Å². The summed E-state index contributed by atoms with van der Waals surface area (Å²) in [6, 6.07) is 15.2. The fourth-order valence-electron chi connectivity index (χ4n) is 4.77. The van der Waals surface area contributed by atoms with Gasteiger partial charge in [-0.1, -0.05) is 36.4 Å². The van der Waals surface area contributed by atoms with Gasteiger partial charge in [0.05, 0.1) is 6.61 Å². The summed E-state index contributed by atoms with van der Waals surface area (Å²) < 4.78 is 13.2. The van der Waals surface area contributed by atoms with Crippen LogP contribution in [-0.2, 0) is 4.79 Å². The van der Waals surface area contributed by atoms with Crippen LogP contribution in [0.25, 0.3) is 11.1 Å². The van der Waals surface area contributed by atoms with Crippen LogP contribution in [0.15, 0.2) is 48.5 Å². The predicted molar refractivity (Wildman–Crippen MR) is 107 cm³/mol. The second kappa shape index (κ2) is 8.02. The summed E-state index contributed by atoms with van der Waals surface area (Å²) in [5.41, 5.74) is 3.22. The van der Waals surface area contributed by atoms with Gasteiger partial charge in [0.15, 0.2) is 0 Å². The average molecular weight is 382 g/mol. The molecule has 0 bridgehead atoms. The van der Waals surface area contributed by atoms with E-state index in [4.69, 9.17) is 0 Å². The first kappa shape index (κ1) is 19.1. The van der Waals surface area contributed by atoms with Crippen molar-refractivity contribution in [3.05, 3.63) is 59.9 Å². The van der Waals surface area contributed by atoms with Crippen molar-refractivity contribution in [2.75, 3.05) is 26.2 Å². The lowest BCUT2D eigenvalue weighted by Crippen LogP contribution is -2.67. The molecule has 0 radical (unpaired) electrons. The second-order valence-electron chi connectivity index (χ2n) is 7.88. The van der Waals surface area contributed by atoms with Gasteiger partial charge in [0.2, 0.25) is 5.91 Å². The van der Waals surface area contributed by atoms with Gasteiger partial charge < -0.3 is 10.0 Å². The van der Waals surface area contributed by atoms with Crippen LogP contribution in [0.4, 0.5) is 4.39 Å². The quantitative estimate of drug-likeness (QED) is 0.886. The van der Waals surface area contributed by atoms with Crippen molar-refractivity contribution in [1.82, 2.24) is 9.80 Å². The third-order valence-electron chi connectivity index (χ3n) is 6.29. The predicted octanol–water partition coefficient (Wildman–Crippen LogP) is 3.26. The highest BCUT2D eigenvalue weighted by atomic mass is 19.1. The van der Waals surface area contributed by atoms with Crippen LogP contribution in [0.3, 0.4) is 0 Å². The highest BCUT2D eigenvalue weighted by Gasteiger charge is 2.49. The van der Waals surface area contributed by atoms with Crippen LogP contribution >= 0.6 is 0 Å². The molecule has 4 rings (SSSR count). The Balaban J connectivity index is 1.57. The summed E-state index contributed by atoms with van der Waals surface area (Å²) in [6.07, 6.45) is 2.06. The van der Waals surface area contributed by atoms with Crippen LogP contribution in [-0.4, -0.2) is 59.1 Å². The fourth-order valence-corrected chi connectivity index (χ4v) is 4.77. The first-order valence-electron chi connectivity index (χ1n) is 10.1. The maximum atomic E-state index is 13.2. The summed E-state index contributed by atoms with van der Waals surface area (Å²) in [5.74, 6) is 0.104. The molecule has 2 fully saturated rings. The lowest BCUT2D eigenvalue weighted by atomic mass is 9.74. The normalized spacial score (nSPS) is 25.4. The summed E-state index contributed by atoms with van der Waals surface area (Å²) in [4.78, 5) is 16.3. The number of aliphatic hydroxyl groups is 1. The number of amides is 1. The number of nitrogens with zero attached hydrogens (tertiary/aromatic N) is 2. The van der Waals surface area contributed by atoms with E-state index in [0.717, 1.165) is 43.6 Å². The lowest BCUT2D eigenvalue weighted by molar-refractivity contribution is -0.134. The van der Waals surface area contributed by atoms with Crippen molar-refractivity contribution < 1.29 is 14.3 Å². The summed E-state index contributed by atoms with van der Waals surface area (Å²) >= 11 is 0. The molecule has 2 aromatic rings. The van der Waals surface area contributed by atoms with Crippen LogP contribution in [0.2, 0.25) is 0 Å². The molecule has 2 saturated heterocycles. The SMILES string of the molecule is CC(=O)N1CCCCN2[C@@H](CO)[C@H](c3ccc(-c4ccc(F)cc4)cc3)[C@@H]2C1. The van der Waals surface area contributed by atoms with Crippen LogP contribution in [0, 0.1) is 5.82 Å². The zero-order chi connectivity index (χ0) is 19.7. The first-order valence-corrected chi connectivity index (χ1v) is 10.1. The first-order chi connectivity index (χ1) is 13.6. The molecule has 0 aromatic heterocycles. The molecule has 1 N–H and O–H groups in total. The fraction of sp³-hybridized carbons (Fsp3) is 0.435. The van der Waals surface area contributed by atoms with E-state index in [2.05, 4.69) is 29.2 Å². The van der Waals surface area contributed by atoms with Crippen molar-refractivity contribution in [1.29, 1.82) is 0 Å². The zero-order valence-electron chi connectivity index (χ0n) is 16.2. The highest BCUT2D eigenvalue weighted by Crippen LogP contribution is 2.42. The number of hydrogen-bond acceptors (Lipinski definition) is 3. The summed E-state index contributed by atoms with van der Waals surface area (Å²) in [6.45, 7) is 4.28. The number of hydrogen-bond donors (Lipinski definition) is 1. The van der Waals surface area contributed by atoms with E-state index < -0.39 is 0 Å². The van der Waals surface area contributed by atoms with Crippen molar-refractivity contribution in [2.45, 2.75) is 37.8 Å². The van der Waals surface area contributed by atoms with Crippen molar-refractivity contribution in [2.24, 2.45) is 0 Å². The molecule has 0 aliphatic carbocycles. The third-order valence-corrected chi connectivity index (χ3v) is 6.29. The number of carbonyl (C=O) groups is 1. The number of fused-ring (bicyclic) bond motifs is 1. The Bertz CT molecular complexity index is 822. The number of carbonyl (C=O) groups excluding carboxylic acids is 1. The molecule has 4 nitrogen and oxygen atoms in total. The van der Waals surface area contributed by atoms with Crippen LogP contribution < -0.4 is 0 Å². The molecule has 2 aliphatic heterocycles. The molecule has 148 valence electrons. The van der Waals surface area contributed by atoms with Gasteiger partial charge in [0.25, 0.3) is 0 Å². The van der Waals surface area contributed by atoms with Gasteiger partial charge in [-0.05, 0) is 48.2 Å². The lowest BCUT2D eigenvalue weighted by Gasteiger charge is -2.57. The van der Waals surface area contributed by atoms with E-state index in [1.165, 1.54) is 17.7 Å². The zero-order valence-corrected chi connectivity index (χ0v) is 16.2. The Morgan fingerprint density at radius 1 is 1.04 bits per heavy atom. The molecule has 28 heavy (non-hydrogen) atoms. The minimum absolute atomic E-state index is 0.105. The molecule has 0 unspecified atom stereocenters. The van der Waals surface area contributed by atoms with E-state index in [9.17, 15) is 14.3 Å². The van der Waals surface area contributed by atoms with Gasteiger partial charge in [-0.25, -0.2) is 4.39 Å². The Labute approximate surface area is 165 Å². The van der Waals surface area contributed by atoms with Gasteiger partial charge >= 0.3 is 0 Å². The minimum Gasteiger partial charge on any atom is -0.395 e. The second-order valence-corrected chi connectivity index (χ2v) is 7.88. The molecule has 2 aromatic carbocycles. The number of aliphatic hydroxyl groups excluding tert-OH is 1. The van der Waals surface area contributed by atoms with E-state index in [1.807, 2.05) is 4.90 Å². The van der Waals surface area contributed by atoms with Crippen molar-refractivity contribution in [3.63, 3.8) is 0 Å². The minimum atomic E-state index is -0.236. The molecular formula is C23H27FN2O2. The summed E-state index contributed by atoms with van der Waals surface area (Å²) in [5, 5.41) is 9.99. The van der Waals surface area contributed by atoms with Gasteiger partial charge in [0, 0.05) is 38.0 Å². The van der Waals surface area contributed by atoms with E-state index in [0.29, 0.717) is 0 Å². The van der Waals surface area contributed by atoms with Gasteiger partial charge in [-0.3, -0.25) is 9.69 Å². The number of halogens is 1. The molecule has 5 heteroatoms. The topological polar surface area (TPSA) is 43.8 Å². The number of benzene rings is 2. The summed E-state index contributed by atoms with van der Waals surface area (Å²) in [7, 11) is 0. The van der Waals surface area contributed by atoms with E-state index in [1.54, 1.807) is 19.1 Å². The average Bonchev–Trinajstić information content (AvgIpc) is 2.67. The monoisotopic (exact) mass is 382 g/mol. The third kappa shape index (κ3) is 3.56. The standard InChI is InChI=1S/C23H27FN2O2/c1-16(28)25-12-2-3-13-26-21(14-25)23(22(26)15-27)19-6-4-17(5-7-19)18-8-10-20(24)11-9-18/h4-11,21-23,27H,2-3,12-15H2,1H3/t21-,22-,23+/m0/s1. The molecular weight excluding hydrogens is 355 g/mol. The Hall–Kier alpha value is -2.24. The van der Waals surface area contributed by atoms with Gasteiger partial charge in [0.1, 0.15) is 5.82 Å². The molecule has 3 atom stereocenters. The molecule has 0 saturated carbocycles. The Morgan fingerprint density at radius 3 is 2.25 bits per heavy atom. The van der Waals surface area contributed by atoms with Gasteiger partial charge in [-0.15, -0.1) is 0 Å². The van der Waals surface area contributed by atoms with Crippen LogP contribution in [0.1, 0.15) is 31.2 Å².